The van der Waals surface area contributed by atoms with Gasteiger partial charge in [-0.05, 0) is 57.2 Å². The predicted molar refractivity (Wildman–Crippen MR) is 119 cm³/mol. The molecule has 0 bridgehead atoms. The molecule has 3 N–H and O–H groups in total. The highest BCUT2D eigenvalue weighted by molar-refractivity contribution is 5.81. The Balaban J connectivity index is 1.62. The van der Waals surface area contributed by atoms with Gasteiger partial charge in [0.05, 0.1) is 13.2 Å². The van der Waals surface area contributed by atoms with Crippen LogP contribution in [-0.4, -0.2) is 57.9 Å². The second-order valence-corrected chi connectivity index (χ2v) is 8.04. The van der Waals surface area contributed by atoms with E-state index in [2.05, 4.69) is 35.0 Å². The highest BCUT2D eigenvalue weighted by Gasteiger charge is 2.34. The van der Waals surface area contributed by atoms with Crippen LogP contribution in [0.2, 0.25) is 0 Å². The summed E-state index contributed by atoms with van der Waals surface area (Å²) in [6.07, 6.45) is 3.95. The van der Waals surface area contributed by atoms with Crippen LogP contribution >= 0.6 is 0 Å². The number of ether oxygens (including phenoxy) is 2. The molecule has 0 unspecified atom stereocenters. The fraction of sp³-hybridized carbons (Fsp3) is 0.652. The van der Waals surface area contributed by atoms with Crippen molar-refractivity contribution in [3.05, 3.63) is 29.8 Å². The molecule has 2 aliphatic rings. The molecular formula is C23H36N4O3. The monoisotopic (exact) mass is 416 g/mol. The van der Waals surface area contributed by atoms with Crippen molar-refractivity contribution in [2.24, 2.45) is 10.9 Å². The molecule has 1 saturated carbocycles. The number of carbonyl (C=O) groups is 1. The zero-order valence-electron chi connectivity index (χ0n) is 18.3. The van der Waals surface area contributed by atoms with Gasteiger partial charge in [0.1, 0.15) is 5.75 Å². The van der Waals surface area contributed by atoms with Crippen molar-refractivity contribution in [2.45, 2.75) is 44.9 Å². The summed E-state index contributed by atoms with van der Waals surface area (Å²) in [5.41, 5.74) is 1.25. The lowest BCUT2D eigenvalue weighted by atomic mass is 9.74. The maximum atomic E-state index is 11.8. The van der Waals surface area contributed by atoms with Gasteiger partial charge in [0.15, 0.2) is 5.96 Å². The summed E-state index contributed by atoms with van der Waals surface area (Å²) in [5.74, 6) is 2.11. The van der Waals surface area contributed by atoms with Crippen LogP contribution in [-0.2, 0) is 14.9 Å². The van der Waals surface area contributed by atoms with E-state index < -0.39 is 0 Å². The maximum Gasteiger partial charge on any atom is 0.223 e. The van der Waals surface area contributed by atoms with Crippen LogP contribution in [0.25, 0.3) is 0 Å². The number of amides is 1. The highest BCUT2D eigenvalue weighted by Crippen LogP contribution is 2.36. The van der Waals surface area contributed by atoms with Gasteiger partial charge in [-0.3, -0.25) is 9.79 Å². The molecule has 0 aromatic heterocycles. The lowest BCUT2D eigenvalue weighted by Crippen LogP contribution is -2.43. The van der Waals surface area contributed by atoms with Gasteiger partial charge in [0, 0.05) is 44.2 Å². The van der Waals surface area contributed by atoms with E-state index in [9.17, 15) is 4.79 Å². The molecule has 1 heterocycles. The molecule has 0 spiro atoms. The van der Waals surface area contributed by atoms with Crippen LogP contribution in [0.3, 0.4) is 0 Å². The second-order valence-electron chi connectivity index (χ2n) is 8.04. The van der Waals surface area contributed by atoms with E-state index in [-0.39, 0.29) is 17.2 Å². The number of hydrogen-bond donors (Lipinski definition) is 3. The molecule has 1 aliphatic heterocycles. The van der Waals surface area contributed by atoms with Crippen LogP contribution < -0.4 is 20.7 Å². The number of carbonyl (C=O) groups excluding carboxylic acids is 1. The van der Waals surface area contributed by atoms with E-state index in [1.807, 2.05) is 19.1 Å². The van der Waals surface area contributed by atoms with Crippen molar-refractivity contribution in [2.75, 3.05) is 46.0 Å². The Morgan fingerprint density at radius 1 is 1.10 bits per heavy atom. The number of nitrogens with one attached hydrogen (secondary N) is 3. The summed E-state index contributed by atoms with van der Waals surface area (Å²) in [6.45, 7) is 8.97. The van der Waals surface area contributed by atoms with E-state index in [0.29, 0.717) is 26.2 Å². The summed E-state index contributed by atoms with van der Waals surface area (Å²) in [4.78, 5) is 16.7. The van der Waals surface area contributed by atoms with Gasteiger partial charge in [-0.2, -0.15) is 0 Å². The second kappa shape index (κ2) is 11.2. The average molecular weight is 417 g/mol. The normalized spacial score (nSPS) is 18.5. The van der Waals surface area contributed by atoms with E-state index in [0.717, 1.165) is 57.2 Å². The van der Waals surface area contributed by atoms with Crippen LogP contribution in [0, 0.1) is 5.92 Å². The lowest BCUT2D eigenvalue weighted by molar-refractivity contribution is -0.122. The van der Waals surface area contributed by atoms with Crippen molar-refractivity contribution < 1.29 is 14.3 Å². The maximum absolute atomic E-state index is 11.8. The van der Waals surface area contributed by atoms with E-state index >= 15 is 0 Å². The summed E-state index contributed by atoms with van der Waals surface area (Å²) < 4.78 is 11.2. The molecule has 1 aromatic carbocycles. The molecule has 0 radical (unpaired) electrons. The van der Waals surface area contributed by atoms with E-state index in [4.69, 9.17) is 14.5 Å². The quantitative estimate of drug-likeness (QED) is 0.309. The minimum atomic E-state index is -0.0362. The van der Waals surface area contributed by atoms with Gasteiger partial charge in [0.25, 0.3) is 0 Å². The molecule has 1 aromatic rings. The fourth-order valence-corrected chi connectivity index (χ4v) is 3.80. The molecule has 1 aliphatic carbocycles. The van der Waals surface area contributed by atoms with Gasteiger partial charge in [0.2, 0.25) is 5.91 Å². The number of aliphatic imine (C=N–C) groups is 1. The first-order valence-corrected chi connectivity index (χ1v) is 11.3. The van der Waals surface area contributed by atoms with Gasteiger partial charge in [-0.25, -0.2) is 0 Å². The van der Waals surface area contributed by atoms with Crippen molar-refractivity contribution in [3.8, 4) is 5.75 Å². The largest absolute Gasteiger partial charge is 0.494 e. The molecule has 1 amide bonds. The first-order valence-electron chi connectivity index (χ1n) is 11.3. The molecule has 166 valence electrons. The molecule has 0 atom stereocenters. The van der Waals surface area contributed by atoms with E-state index in [1.54, 1.807) is 0 Å². The molecule has 1 saturated heterocycles. The molecule has 30 heavy (non-hydrogen) atoms. The Kier molecular flexibility index (Phi) is 8.37. The summed E-state index contributed by atoms with van der Waals surface area (Å²) >= 11 is 0. The standard InChI is InChI=1S/C23H36N4O3/c1-3-24-22(26-14-13-25-21(28)18-5-6-18)27-17-23(11-15-29-16-12-23)19-7-9-20(10-8-19)30-4-2/h7-10,18H,3-6,11-17H2,1-2H3,(H,25,28)(H2,24,26,27). The third-order valence-corrected chi connectivity index (χ3v) is 5.78. The van der Waals surface area contributed by atoms with Crippen LogP contribution in [0.4, 0.5) is 0 Å². The fourth-order valence-electron chi connectivity index (χ4n) is 3.80. The highest BCUT2D eigenvalue weighted by atomic mass is 16.5. The smallest absolute Gasteiger partial charge is 0.223 e. The molecule has 2 fully saturated rings. The number of hydrogen-bond acceptors (Lipinski definition) is 4. The molecule has 7 nitrogen and oxygen atoms in total. The Morgan fingerprint density at radius 2 is 1.80 bits per heavy atom. The minimum absolute atomic E-state index is 0.0362. The van der Waals surface area contributed by atoms with Gasteiger partial charge >= 0.3 is 0 Å². The van der Waals surface area contributed by atoms with Crippen LogP contribution in [0.5, 0.6) is 5.75 Å². The van der Waals surface area contributed by atoms with Crippen molar-refractivity contribution in [1.29, 1.82) is 0 Å². The van der Waals surface area contributed by atoms with Crippen molar-refractivity contribution in [3.63, 3.8) is 0 Å². The number of nitrogens with zero attached hydrogens (tertiary/aromatic N) is 1. The Morgan fingerprint density at radius 3 is 2.43 bits per heavy atom. The Labute approximate surface area is 180 Å². The SMILES string of the molecule is CCNC(=NCC1(c2ccc(OCC)cc2)CCOCC1)NCCNC(=O)C1CC1. The summed E-state index contributed by atoms with van der Waals surface area (Å²) in [5, 5.41) is 9.64. The summed E-state index contributed by atoms with van der Waals surface area (Å²) in [7, 11) is 0. The van der Waals surface area contributed by atoms with Crippen LogP contribution in [0.1, 0.15) is 45.1 Å². The van der Waals surface area contributed by atoms with Crippen molar-refractivity contribution in [1.82, 2.24) is 16.0 Å². The topological polar surface area (TPSA) is 84.0 Å². The molecule has 7 heteroatoms. The van der Waals surface area contributed by atoms with Gasteiger partial charge in [-0.15, -0.1) is 0 Å². The van der Waals surface area contributed by atoms with Crippen LogP contribution in [0.15, 0.2) is 29.3 Å². The van der Waals surface area contributed by atoms with Crippen molar-refractivity contribution >= 4 is 11.9 Å². The third-order valence-electron chi connectivity index (χ3n) is 5.78. The Bertz CT molecular complexity index is 695. The lowest BCUT2D eigenvalue weighted by Gasteiger charge is -2.36. The molecule has 3 rings (SSSR count). The predicted octanol–water partition coefficient (Wildman–Crippen LogP) is 2.21. The molecular weight excluding hydrogens is 380 g/mol. The number of rotatable bonds is 10. The Hall–Kier alpha value is -2.28. The first-order chi connectivity index (χ1) is 14.7. The van der Waals surface area contributed by atoms with Gasteiger partial charge in [-0.1, -0.05) is 12.1 Å². The average Bonchev–Trinajstić information content (AvgIpc) is 3.62. The third kappa shape index (κ3) is 6.36. The zero-order chi connectivity index (χ0) is 21.2. The van der Waals surface area contributed by atoms with E-state index in [1.165, 1.54) is 5.56 Å². The minimum Gasteiger partial charge on any atom is -0.494 e. The number of benzene rings is 1. The zero-order valence-corrected chi connectivity index (χ0v) is 18.3. The first kappa shape index (κ1) is 22.4. The number of guanidine groups is 1. The summed E-state index contributed by atoms with van der Waals surface area (Å²) in [6, 6.07) is 8.43. The van der Waals surface area contributed by atoms with Gasteiger partial charge < -0.3 is 25.4 Å².